The van der Waals surface area contributed by atoms with Gasteiger partial charge in [-0.3, -0.25) is 0 Å². The first-order valence-corrected chi connectivity index (χ1v) is 7.06. The lowest BCUT2D eigenvalue weighted by atomic mass is 10.2. The molecule has 2 rings (SSSR count). The molecule has 0 unspecified atom stereocenters. The quantitative estimate of drug-likeness (QED) is 0.795. The summed E-state index contributed by atoms with van der Waals surface area (Å²) in [7, 11) is 0. The predicted molar refractivity (Wildman–Crippen MR) is 73.7 cm³/mol. The van der Waals surface area contributed by atoms with Crippen LogP contribution < -0.4 is 5.32 Å². The smallest absolute Gasteiger partial charge is 0.0991 e. The lowest BCUT2D eigenvalue weighted by Crippen LogP contribution is -2.16. The third kappa shape index (κ3) is 3.61. The van der Waals surface area contributed by atoms with Crippen LogP contribution in [0.25, 0.3) is 5.69 Å². The van der Waals surface area contributed by atoms with E-state index in [0.717, 1.165) is 24.5 Å². The molecule has 0 amide bonds. The second-order valence-corrected chi connectivity index (χ2v) is 4.79. The van der Waals surface area contributed by atoms with E-state index in [1.165, 1.54) is 5.56 Å². The fraction of sp³-hybridized carbons (Fsp3) is 0.308. The summed E-state index contributed by atoms with van der Waals surface area (Å²) in [5, 5.41) is 3.42. The van der Waals surface area contributed by atoms with Gasteiger partial charge in [-0.05, 0) is 24.0 Å². The third-order valence-electron chi connectivity index (χ3n) is 2.55. The SMILES string of the molecule is CSCCNCc1ccc(-n2ccnc2)cc1. The summed E-state index contributed by atoms with van der Waals surface area (Å²) in [6.07, 6.45) is 7.68. The number of hydrogen-bond donors (Lipinski definition) is 1. The summed E-state index contributed by atoms with van der Waals surface area (Å²) in [6.45, 7) is 2.00. The van der Waals surface area contributed by atoms with Crippen LogP contribution in [0, 0.1) is 0 Å². The predicted octanol–water partition coefficient (Wildman–Crippen LogP) is 2.32. The van der Waals surface area contributed by atoms with E-state index in [1.807, 2.05) is 28.9 Å². The van der Waals surface area contributed by atoms with Crippen LogP contribution in [-0.4, -0.2) is 28.1 Å². The Balaban J connectivity index is 1.90. The number of rotatable bonds is 6. The minimum absolute atomic E-state index is 0.935. The maximum absolute atomic E-state index is 4.04. The van der Waals surface area contributed by atoms with Gasteiger partial charge in [-0.1, -0.05) is 12.1 Å². The molecule has 0 saturated carbocycles. The molecular weight excluding hydrogens is 230 g/mol. The Hall–Kier alpha value is -1.26. The Morgan fingerprint density at radius 3 is 2.76 bits per heavy atom. The van der Waals surface area contributed by atoms with Crippen LogP contribution in [0.2, 0.25) is 0 Å². The van der Waals surface area contributed by atoms with Gasteiger partial charge >= 0.3 is 0 Å². The Labute approximate surface area is 106 Å². The average molecular weight is 247 g/mol. The summed E-state index contributed by atoms with van der Waals surface area (Å²) >= 11 is 1.86. The fourth-order valence-corrected chi connectivity index (χ4v) is 1.95. The first-order valence-electron chi connectivity index (χ1n) is 5.67. The molecule has 0 aliphatic rings. The van der Waals surface area contributed by atoms with Gasteiger partial charge < -0.3 is 9.88 Å². The molecule has 1 aromatic heterocycles. The number of imidazole rings is 1. The first-order chi connectivity index (χ1) is 8.40. The Kier molecular flexibility index (Phi) is 4.64. The standard InChI is InChI=1S/C13H17N3S/c1-17-9-7-14-10-12-2-4-13(5-3-12)16-8-6-15-11-16/h2-6,8,11,14H,7,9-10H2,1H3. The van der Waals surface area contributed by atoms with Crippen molar-refractivity contribution in [2.75, 3.05) is 18.6 Å². The van der Waals surface area contributed by atoms with Crippen LogP contribution in [0.4, 0.5) is 0 Å². The third-order valence-corrected chi connectivity index (χ3v) is 3.16. The van der Waals surface area contributed by atoms with E-state index < -0.39 is 0 Å². The zero-order valence-corrected chi connectivity index (χ0v) is 10.8. The molecule has 0 atom stereocenters. The van der Waals surface area contributed by atoms with Crippen molar-refractivity contribution in [2.24, 2.45) is 0 Å². The number of hydrogen-bond acceptors (Lipinski definition) is 3. The summed E-state index contributed by atoms with van der Waals surface area (Å²) < 4.78 is 2.00. The van der Waals surface area contributed by atoms with Gasteiger partial charge in [-0.2, -0.15) is 11.8 Å². The van der Waals surface area contributed by atoms with Crippen molar-refractivity contribution < 1.29 is 0 Å². The van der Waals surface area contributed by atoms with Crippen LogP contribution in [-0.2, 0) is 6.54 Å². The van der Waals surface area contributed by atoms with Crippen LogP contribution in [0.3, 0.4) is 0 Å². The molecule has 1 aromatic carbocycles. The van der Waals surface area contributed by atoms with E-state index in [2.05, 4.69) is 40.8 Å². The molecule has 4 heteroatoms. The van der Waals surface area contributed by atoms with Crippen molar-refractivity contribution in [3.63, 3.8) is 0 Å². The molecule has 0 aliphatic carbocycles. The van der Waals surface area contributed by atoms with Gasteiger partial charge in [0.05, 0.1) is 6.33 Å². The molecule has 3 nitrogen and oxygen atoms in total. The Bertz CT molecular complexity index is 422. The molecule has 1 heterocycles. The molecular formula is C13H17N3S. The zero-order chi connectivity index (χ0) is 11.9. The molecule has 2 aromatic rings. The minimum Gasteiger partial charge on any atom is -0.312 e. The number of nitrogens with zero attached hydrogens (tertiary/aromatic N) is 2. The van der Waals surface area contributed by atoms with Crippen molar-refractivity contribution in [1.29, 1.82) is 0 Å². The first kappa shape index (κ1) is 12.2. The molecule has 0 spiro atoms. The van der Waals surface area contributed by atoms with Gasteiger partial charge in [-0.15, -0.1) is 0 Å². The van der Waals surface area contributed by atoms with Crippen LogP contribution in [0.5, 0.6) is 0 Å². The van der Waals surface area contributed by atoms with E-state index in [4.69, 9.17) is 0 Å². The largest absolute Gasteiger partial charge is 0.312 e. The van der Waals surface area contributed by atoms with E-state index in [9.17, 15) is 0 Å². The highest BCUT2D eigenvalue weighted by Crippen LogP contribution is 2.09. The number of benzene rings is 1. The molecule has 17 heavy (non-hydrogen) atoms. The van der Waals surface area contributed by atoms with Crippen molar-refractivity contribution in [3.05, 3.63) is 48.5 Å². The second kappa shape index (κ2) is 6.47. The Morgan fingerprint density at radius 2 is 2.12 bits per heavy atom. The highest BCUT2D eigenvalue weighted by molar-refractivity contribution is 7.98. The van der Waals surface area contributed by atoms with Crippen LogP contribution in [0.1, 0.15) is 5.56 Å². The maximum Gasteiger partial charge on any atom is 0.0991 e. The van der Waals surface area contributed by atoms with Crippen LogP contribution >= 0.6 is 11.8 Å². The van der Waals surface area contributed by atoms with E-state index in [1.54, 1.807) is 6.20 Å². The van der Waals surface area contributed by atoms with Crippen LogP contribution in [0.15, 0.2) is 43.0 Å². The molecule has 0 aliphatic heterocycles. The average Bonchev–Trinajstić information content (AvgIpc) is 2.89. The normalized spacial score (nSPS) is 10.6. The lowest BCUT2D eigenvalue weighted by molar-refractivity contribution is 0.732. The van der Waals surface area contributed by atoms with E-state index >= 15 is 0 Å². The monoisotopic (exact) mass is 247 g/mol. The summed E-state index contributed by atoms with van der Waals surface area (Å²) in [4.78, 5) is 4.04. The summed E-state index contributed by atoms with van der Waals surface area (Å²) in [5.74, 6) is 1.16. The molecule has 0 saturated heterocycles. The topological polar surface area (TPSA) is 29.9 Å². The van der Waals surface area contributed by atoms with E-state index in [-0.39, 0.29) is 0 Å². The highest BCUT2D eigenvalue weighted by atomic mass is 32.2. The van der Waals surface area contributed by atoms with Gasteiger partial charge in [-0.25, -0.2) is 4.98 Å². The van der Waals surface area contributed by atoms with Gasteiger partial charge in [0.2, 0.25) is 0 Å². The summed E-state index contributed by atoms with van der Waals surface area (Å²) in [6, 6.07) is 8.55. The molecule has 1 N–H and O–H groups in total. The van der Waals surface area contributed by atoms with Crippen molar-refractivity contribution in [2.45, 2.75) is 6.54 Å². The molecule has 90 valence electrons. The molecule has 0 radical (unpaired) electrons. The van der Waals surface area contributed by atoms with Gasteiger partial charge in [0.1, 0.15) is 0 Å². The number of aromatic nitrogens is 2. The van der Waals surface area contributed by atoms with Crippen molar-refractivity contribution >= 4 is 11.8 Å². The molecule has 0 bridgehead atoms. The minimum atomic E-state index is 0.935. The fourth-order valence-electron chi connectivity index (χ4n) is 1.60. The lowest BCUT2D eigenvalue weighted by Gasteiger charge is -2.06. The second-order valence-electron chi connectivity index (χ2n) is 3.81. The van der Waals surface area contributed by atoms with Crippen molar-refractivity contribution in [1.82, 2.24) is 14.9 Å². The maximum atomic E-state index is 4.04. The number of thioether (sulfide) groups is 1. The van der Waals surface area contributed by atoms with Crippen molar-refractivity contribution in [3.8, 4) is 5.69 Å². The van der Waals surface area contributed by atoms with Gasteiger partial charge in [0, 0.05) is 36.9 Å². The number of nitrogens with one attached hydrogen (secondary N) is 1. The van der Waals surface area contributed by atoms with E-state index in [0.29, 0.717) is 0 Å². The molecule has 0 fully saturated rings. The zero-order valence-electron chi connectivity index (χ0n) is 9.97. The van der Waals surface area contributed by atoms with Gasteiger partial charge in [0.25, 0.3) is 0 Å². The Morgan fingerprint density at radius 1 is 1.29 bits per heavy atom. The summed E-state index contributed by atoms with van der Waals surface area (Å²) in [5.41, 5.74) is 2.46. The highest BCUT2D eigenvalue weighted by Gasteiger charge is 1.96. The van der Waals surface area contributed by atoms with Gasteiger partial charge in [0.15, 0.2) is 0 Å².